The van der Waals surface area contributed by atoms with Crippen molar-refractivity contribution in [3.8, 4) is 0 Å². The Morgan fingerprint density at radius 1 is 1.31 bits per heavy atom. The number of imidazole rings is 1. The summed E-state index contributed by atoms with van der Waals surface area (Å²) in [5, 5.41) is 3.27. The normalized spacial score (nSPS) is 34.6. The molecule has 4 saturated heterocycles. The molecule has 7 heteroatoms. The van der Waals surface area contributed by atoms with E-state index in [1.54, 1.807) is 0 Å². The highest BCUT2D eigenvalue weighted by Gasteiger charge is 2.62. The van der Waals surface area contributed by atoms with Gasteiger partial charge in [0.25, 0.3) is 0 Å². The molecule has 0 unspecified atom stereocenters. The number of likely N-dealkylation sites (tertiary alicyclic amines) is 1. The van der Waals surface area contributed by atoms with Crippen molar-refractivity contribution in [2.75, 3.05) is 39.4 Å². The Balaban J connectivity index is 1.14. The minimum Gasteiger partial charge on any atom is -0.381 e. The van der Waals surface area contributed by atoms with Gasteiger partial charge >= 0.3 is 0 Å². The molecule has 4 fully saturated rings. The molecule has 4 aliphatic rings. The number of hydrogen-bond donors (Lipinski definition) is 1. The summed E-state index contributed by atoms with van der Waals surface area (Å²) in [7, 11) is 0. The third-order valence-corrected chi connectivity index (χ3v) is 7.76. The molecule has 0 saturated carbocycles. The van der Waals surface area contributed by atoms with Crippen molar-refractivity contribution in [3.63, 3.8) is 0 Å². The van der Waals surface area contributed by atoms with E-state index < -0.39 is 0 Å². The van der Waals surface area contributed by atoms with Crippen LogP contribution in [0.25, 0.3) is 0 Å². The molecule has 160 valence electrons. The monoisotopic (exact) mass is 402 g/mol. The number of carbonyl (C=O) groups excluding carboxylic acids is 1. The van der Waals surface area contributed by atoms with Gasteiger partial charge in [0, 0.05) is 69.5 Å². The van der Waals surface area contributed by atoms with Crippen molar-refractivity contribution >= 4 is 5.91 Å². The van der Waals surface area contributed by atoms with E-state index in [2.05, 4.69) is 32.9 Å². The molecule has 1 aromatic rings. The number of nitrogens with one attached hydrogen (secondary N) is 1. The van der Waals surface area contributed by atoms with Crippen molar-refractivity contribution in [3.05, 3.63) is 18.2 Å². The predicted octanol–water partition coefficient (Wildman–Crippen LogP) is 1.60. The van der Waals surface area contributed by atoms with Gasteiger partial charge in [0.15, 0.2) is 0 Å². The Labute approximate surface area is 173 Å². The molecular formula is C22H34N4O3. The van der Waals surface area contributed by atoms with E-state index in [1.165, 1.54) is 6.42 Å². The lowest BCUT2D eigenvalue weighted by Gasteiger charge is -2.30. The van der Waals surface area contributed by atoms with Crippen LogP contribution in [0.15, 0.2) is 12.4 Å². The van der Waals surface area contributed by atoms with Crippen LogP contribution < -0.4 is 5.32 Å². The summed E-state index contributed by atoms with van der Waals surface area (Å²) in [6, 6.07) is 0. The molecule has 0 radical (unpaired) electrons. The van der Waals surface area contributed by atoms with Crippen molar-refractivity contribution in [2.24, 2.45) is 17.8 Å². The highest BCUT2D eigenvalue weighted by atomic mass is 16.5. The van der Waals surface area contributed by atoms with Gasteiger partial charge in [0.2, 0.25) is 5.91 Å². The first-order valence-corrected chi connectivity index (χ1v) is 11.4. The SMILES string of the molecule is Cc1nccn1CCCN1C[C@@H]2[C@H](CNC(=O)C3CCOCC3)[C@H]3CC[C@]2(C1)O3. The van der Waals surface area contributed by atoms with Crippen LogP contribution in [0, 0.1) is 24.7 Å². The molecule has 4 atom stereocenters. The molecule has 5 rings (SSSR count). The highest BCUT2D eigenvalue weighted by molar-refractivity contribution is 5.78. The van der Waals surface area contributed by atoms with Crippen LogP contribution in [0.1, 0.15) is 37.9 Å². The molecule has 0 aliphatic carbocycles. The number of ether oxygens (including phenoxy) is 2. The van der Waals surface area contributed by atoms with Gasteiger partial charge in [-0.1, -0.05) is 0 Å². The number of nitrogens with zero attached hydrogens (tertiary/aromatic N) is 3. The van der Waals surface area contributed by atoms with Gasteiger partial charge in [0.1, 0.15) is 5.82 Å². The average molecular weight is 403 g/mol. The standard InChI is InChI=1S/C22H34N4O3/c1-16-23-7-10-26(16)9-2-8-25-14-19-18(20-3-6-22(19,15-25)29-20)13-24-21(27)17-4-11-28-12-5-17/h7,10,17-20H,2-6,8-9,11-15H2,1H3,(H,24,27)/t18-,19+,20+,22+/m0/s1. The molecule has 7 nitrogen and oxygen atoms in total. The van der Waals surface area contributed by atoms with E-state index >= 15 is 0 Å². The fraction of sp³-hybridized carbons (Fsp3) is 0.818. The molecular weight excluding hydrogens is 368 g/mol. The zero-order chi connectivity index (χ0) is 19.8. The lowest BCUT2D eigenvalue weighted by molar-refractivity contribution is -0.128. The summed E-state index contributed by atoms with van der Waals surface area (Å²) in [5.74, 6) is 2.46. The topological polar surface area (TPSA) is 68.6 Å². The van der Waals surface area contributed by atoms with Crippen LogP contribution in [0.3, 0.4) is 0 Å². The minimum atomic E-state index is 0.0453. The summed E-state index contributed by atoms with van der Waals surface area (Å²) in [4.78, 5) is 19.5. The summed E-state index contributed by atoms with van der Waals surface area (Å²) in [5.41, 5.74) is 0.0453. The zero-order valence-electron chi connectivity index (χ0n) is 17.5. The number of amides is 1. The second-order valence-electron chi connectivity index (χ2n) is 9.42. The lowest BCUT2D eigenvalue weighted by atomic mass is 9.73. The maximum atomic E-state index is 12.6. The Kier molecular flexibility index (Phi) is 5.39. The predicted molar refractivity (Wildman–Crippen MR) is 108 cm³/mol. The Morgan fingerprint density at radius 3 is 2.97 bits per heavy atom. The quantitative estimate of drug-likeness (QED) is 0.750. The third kappa shape index (κ3) is 3.73. The van der Waals surface area contributed by atoms with Gasteiger partial charge in [-0.05, 0) is 45.6 Å². The number of aryl methyl sites for hydroxylation is 2. The average Bonchev–Trinajstić information content (AvgIpc) is 3.48. The molecule has 1 aromatic heterocycles. The van der Waals surface area contributed by atoms with Crippen LogP contribution in [-0.2, 0) is 20.8 Å². The van der Waals surface area contributed by atoms with Crippen LogP contribution in [0.2, 0.25) is 0 Å². The van der Waals surface area contributed by atoms with Crippen molar-refractivity contribution in [1.82, 2.24) is 19.8 Å². The molecule has 0 aromatic carbocycles. The van der Waals surface area contributed by atoms with Gasteiger partial charge in [-0.3, -0.25) is 9.69 Å². The van der Waals surface area contributed by atoms with E-state index in [1.807, 2.05) is 6.20 Å². The molecule has 1 spiro atoms. The van der Waals surface area contributed by atoms with E-state index in [0.29, 0.717) is 31.2 Å². The van der Waals surface area contributed by atoms with E-state index in [4.69, 9.17) is 9.47 Å². The zero-order valence-corrected chi connectivity index (χ0v) is 17.5. The third-order valence-electron chi connectivity index (χ3n) is 7.76. The van der Waals surface area contributed by atoms with Gasteiger partial charge in [0.05, 0.1) is 11.7 Å². The lowest BCUT2D eigenvalue weighted by Crippen LogP contribution is -2.43. The largest absolute Gasteiger partial charge is 0.381 e. The van der Waals surface area contributed by atoms with Crippen LogP contribution in [-0.4, -0.2) is 71.5 Å². The van der Waals surface area contributed by atoms with Crippen LogP contribution in [0.4, 0.5) is 0 Å². The van der Waals surface area contributed by atoms with E-state index in [0.717, 1.165) is 64.2 Å². The number of aromatic nitrogens is 2. The summed E-state index contributed by atoms with van der Waals surface area (Å²) >= 11 is 0. The maximum absolute atomic E-state index is 12.6. The van der Waals surface area contributed by atoms with Crippen molar-refractivity contribution < 1.29 is 14.3 Å². The molecule has 29 heavy (non-hydrogen) atoms. The summed E-state index contributed by atoms with van der Waals surface area (Å²) in [6.07, 6.45) is 9.46. The van der Waals surface area contributed by atoms with E-state index in [9.17, 15) is 4.79 Å². The molecule has 1 N–H and O–H groups in total. The van der Waals surface area contributed by atoms with Crippen LogP contribution >= 0.6 is 0 Å². The molecule has 2 bridgehead atoms. The van der Waals surface area contributed by atoms with Gasteiger partial charge in [-0.15, -0.1) is 0 Å². The van der Waals surface area contributed by atoms with Gasteiger partial charge < -0.3 is 19.4 Å². The fourth-order valence-electron chi connectivity index (χ4n) is 6.16. The van der Waals surface area contributed by atoms with Gasteiger partial charge in [-0.2, -0.15) is 0 Å². The number of rotatable bonds is 7. The first-order chi connectivity index (χ1) is 14.1. The first-order valence-electron chi connectivity index (χ1n) is 11.4. The summed E-state index contributed by atoms with van der Waals surface area (Å²) < 4.78 is 14.2. The number of fused-ring (bicyclic) bond motifs is 1. The van der Waals surface area contributed by atoms with Crippen molar-refractivity contribution in [1.29, 1.82) is 0 Å². The van der Waals surface area contributed by atoms with Crippen LogP contribution in [0.5, 0.6) is 0 Å². The summed E-state index contributed by atoms with van der Waals surface area (Å²) in [6.45, 7) is 8.55. The second kappa shape index (κ2) is 8.00. The smallest absolute Gasteiger partial charge is 0.223 e. The second-order valence-corrected chi connectivity index (χ2v) is 9.42. The maximum Gasteiger partial charge on any atom is 0.223 e. The van der Waals surface area contributed by atoms with Gasteiger partial charge in [-0.25, -0.2) is 4.98 Å². The molecule has 1 amide bonds. The fourth-order valence-corrected chi connectivity index (χ4v) is 6.16. The van der Waals surface area contributed by atoms with E-state index in [-0.39, 0.29) is 17.4 Å². The minimum absolute atomic E-state index is 0.0453. The Bertz CT molecular complexity index is 731. The highest BCUT2D eigenvalue weighted by Crippen LogP contribution is 2.54. The molecule has 5 heterocycles. The first kappa shape index (κ1) is 19.5. The Hall–Kier alpha value is -1.44. The number of carbonyl (C=O) groups is 1. The molecule has 4 aliphatic heterocycles. The van der Waals surface area contributed by atoms with Crippen molar-refractivity contribution in [2.45, 2.75) is 57.3 Å². The Morgan fingerprint density at radius 2 is 2.17 bits per heavy atom. The number of hydrogen-bond acceptors (Lipinski definition) is 5.